The first-order valence-corrected chi connectivity index (χ1v) is 7.43. The van der Waals surface area contributed by atoms with Crippen molar-refractivity contribution in [1.82, 2.24) is 9.97 Å². The van der Waals surface area contributed by atoms with Crippen LogP contribution < -0.4 is 10.2 Å². The standard InChI is InChI=1S/C15H26N4O/c1-9(2)13-17-14(16-5)11(4)15(18-13)19-7-6-10(3)12(19)8-20/h9-10,12,20H,6-8H2,1-5H3,(H,16,17,18). The zero-order valence-corrected chi connectivity index (χ0v) is 13.1. The predicted molar refractivity (Wildman–Crippen MR) is 82.4 cm³/mol. The first kappa shape index (κ1) is 15.0. The van der Waals surface area contributed by atoms with Crippen molar-refractivity contribution in [2.75, 3.05) is 30.4 Å². The molecule has 1 aromatic heterocycles. The lowest BCUT2D eigenvalue weighted by Crippen LogP contribution is -2.36. The predicted octanol–water partition coefficient (Wildman–Crippen LogP) is 2.16. The summed E-state index contributed by atoms with van der Waals surface area (Å²) in [4.78, 5) is 11.6. The number of hydrogen-bond acceptors (Lipinski definition) is 5. The summed E-state index contributed by atoms with van der Waals surface area (Å²) in [7, 11) is 1.89. The van der Waals surface area contributed by atoms with E-state index in [-0.39, 0.29) is 18.6 Å². The number of hydrogen-bond donors (Lipinski definition) is 2. The number of aromatic nitrogens is 2. The second kappa shape index (κ2) is 5.95. The molecule has 2 heterocycles. The Morgan fingerprint density at radius 2 is 2.10 bits per heavy atom. The SMILES string of the molecule is CNc1nc(C(C)C)nc(N2CCC(C)C2CO)c1C. The van der Waals surface area contributed by atoms with E-state index in [1.165, 1.54) is 0 Å². The number of nitrogens with one attached hydrogen (secondary N) is 1. The molecule has 5 heteroatoms. The molecule has 1 aliphatic rings. The third kappa shape index (κ3) is 2.59. The molecule has 1 saturated heterocycles. The molecule has 1 fully saturated rings. The molecular formula is C15H26N4O. The van der Waals surface area contributed by atoms with Gasteiger partial charge in [0.05, 0.1) is 12.6 Å². The fraction of sp³-hybridized carbons (Fsp3) is 0.733. The van der Waals surface area contributed by atoms with Gasteiger partial charge in [0.25, 0.3) is 0 Å². The Hall–Kier alpha value is -1.36. The minimum atomic E-state index is 0.160. The molecular weight excluding hydrogens is 252 g/mol. The van der Waals surface area contributed by atoms with Crippen molar-refractivity contribution in [3.8, 4) is 0 Å². The fourth-order valence-corrected chi connectivity index (χ4v) is 2.85. The van der Waals surface area contributed by atoms with Gasteiger partial charge in [-0.2, -0.15) is 0 Å². The van der Waals surface area contributed by atoms with Crippen LogP contribution >= 0.6 is 0 Å². The number of nitrogens with zero attached hydrogens (tertiary/aromatic N) is 3. The van der Waals surface area contributed by atoms with Crippen molar-refractivity contribution in [1.29, 1.82) is 0 Å². The zero-order chi connectivity index (χ0) is 14.9. The average molecular weight is 278 g/mol. The van der Waals surface area contributed by atoms with Crippen LogP contribution in [0.1, 0.15) is 44.5 Å². The molecule has 112 valence electrons. The monoisotopic (exact) mass is 278 g/mol. The molecule has 0 spiro atoms. The van der Waals surface area contributed by atoms with Gasteiger partial charge in [-0.1, -0.05) is 20.8 Å². The third-order valence-electron chi connectivity index (χ3n) is 4.23. The molecule has 20 heavy (non-hydrogen) atoms. The van der Waals surface area contributed by atoms with Gasteiger partial charge >= 0.3 is 0 Å². The molecule has 5 nitrogen and oxygen atoms in total. The van der Waals surface area contributed by atoms with Crippen LogP contribution in [0, 0.1) is 12.8 Å². The number of rotatable bonds is 4. The van der Waals surface area contributed by atoms with Crippen molar-refractivity contribution in [2.24, 2.45) is 5.92 Å². The third-order valence-corrected chi connectivity index (χ3v) is 4.23. The Balaban J connectivity index is 2.47. The lowest BCUT2D eigenvalue weighted by Gasteiger charge is -2.28. The van der Waals surface area contributed by atoms with Crippen LogP contribution in [0.5, 0.6) is 0 Å². The van der Waals surface area contributed by atoms with E-state index >= 15 is 0 Å². The van der Waals surface area contributed by atoms with Gasteiger partial charge in [0.15, 0.2) is 0 Å². The molecule has 0 amide bonds. The minimum Gasteiger partial charge on any atom is -0.394 e. The summed E-state index contributed by atoms with van der Waals surface area (Å²) in [5.74, 6) is 3.49. The first-order valence-electron chi connectivity index (χ1n) is 7.43. The maximum Gasteiger partial charge on any atom is 0.137 e. The summed E-state index contributed by atoms with van der Waals surface area (Å²) in [6.07, 6.45) is 1.10. The number of aliphatic hydroxyl groups is 1. The van der Waals surface area contributed by atoms with E-state index in [1.807, 2.05) is 14.0 Å². The molecule has 2 atom stereocenters. The summed E-state index contributed by atoms with van der Waals surface area (Å²) < 4.78 is 0. The number of anilines is 2. The molecule has 1 aromatic rings. The van der Waals surface area contributed by atoms with E-state index in [9.17, 15) is 5.11 Å². The lowest BCUT2D eigenvalue weighted by atomic mass is 10.0. The Kier molecular flexibility index (Phi) is 4.48. The van der Waals surface area contributed by atoms with E-state index in [0.29, 0.717) is 5.92 Å². The van der Waals surface area contributed by atoms with Gasteiger partial charge < -0.3 is 15.3 Å². The molecule has 0 aliphatic carbocycles. The molecule has 2 rings (SSSR count). The highest BCUT2D eigenvalue weighted by atomic mass is 16.3. The van der Waals surface area contributed by atoms with Crippen LogP contribution in [-0.2, 0) is 0 Å². The van der Waals surface area contributed by atoms with Gasteiger partial charge in [-0.25, -0.2) is 9.97 Å². The van der Waals surface area contributed by atoms with E-state index < -0.39 is 0 Å². The van der Waals surface area contributed by atoms with Gasteiger partial charge in [-0.3, -0.25) is 0 Å². The molecule has 1 aliphatic heterocycles. The van der Waals surface area contributed by atoms with E-state index in [4.69, 9.17) is 4.98 Å². The van der Waals surface area contributed by atoms with E-state index in [1.54, 1.807) is 0 Å². The van der Waals surface area contributed by atoms with Crippen molar-refractivity contribution in [3.05, 3.63) is 11.4 Å². The maximum atomic E-state index is 9.66. The Morgan fingerprint density at radius 1 is 1.40 bits per heavy atom. The molecule has 0 aromatic carbocycles. The van der Waals surface area contributed by atoms with Crippen LogP contribution in [0.2, 0.25) is 0 Å². The summed E-state index contributed by atoms with van der Waals surface area (Å²) in [6.45, 7) is 9.57. The van der Waals surface area contributed by atoms with Gasteiger partial charge in [0.2, 0.25) is 0 Å². The number of aliphatic hydroxyl groups excluding tert-OH is 1. The lowest BCUT2D eigenvalue weighted by molar-refractivity contribution is 0.244. The highest BCUT2D eigenvalue weighted by Crippen LogP contribution is 2.33. The Bertz CT molecular complexity index is 475. The summed E-state index contributed by atoms with van der Waals surface area (Å²) in [6, 6.07) is 0.160. The Labute approximate surface area is 121 Å². The topological polar surface area (TPSA) is 61.3 Å². The van der Waals surface area contributed by atoms with Crippen molar-refractivity contribution < 1.29 is 5.11 Å². The van der Waals surface area contributed by atoms with Gasteiger partial charge in [-0.15, -0.1) is 0 Å². The summed E-state index contributed by atoms with van der Waals surface area (Å²) in [5.41, 5.74) is 1.06. The fourth-order valence-electron chi connectivity index (χ4n) is 2.85. The van der Waals surface area contributed by atoms with Gasteiger partial charge in [-0.05, 0) is 19.3 Å². The average Bonchev–Trinajstić information content (AvgIpc) is 2.79. The van der Waals surface area contributed by atoms with Crippen molar-refractivity contribution in [2.45, 2.75) is 46.1 Å². The summed E-state index contributed by atoms with van der Waals surface area (Å²) in [5, 5.41) is 12.8. The Morgan fingerprint density at radius 3 is 2.65 bits per heavy atom. The van der Waals surface area contributed by atoms with E-state index in [2.05, 4.69) is 36.0 Å². The minimum absolute atomic E-state index is 0.160. The highest BCUT2D eigenvalue weighted by Gasteiger charge is 2.33. The second-order valence-electron chi connectivity index (χ2n) is 5.99. The van der Waals surface area contributed by atoms with Gasteiger partial charge in [0.1, 0.15) is 17.5 Å². The van der Waals surface area contributed by atoms with Gasteiger partial charge in [0, 0.05) is 25.1 Å². The maximum absolute atomic E-state index is 9.66. The van der Waals surface area contributed by atoms with Crippen LogP contribution in [0.4, 0.5) is 11.6 Å². The van der Waals surface area contributed by atoms with Crippen LogP contribution in [0.25, 0.3) is 0 Å². The summed E-state index contributed by atoms with van der Waals surface area (Å²) >= 11 is 0. The normalized spacial score (nSPS) is 22.6. The van der Waals surface area contributed by atoms with E-state index in [0.717, 1.165) is 36.0 Å². The van der Waals surface area contributed by atoms with Crippen LogP contribution in [0.3, 0.4) is 0 Å². The van der Waals surface area contributed by atoms with Crippen LogP contribution in [-0.4, -0.2) is 41.3 Å². The van der Waals surface area contributed by atoms with Crippen molar-refractivity contribution >= 4 is 11.6 Å². The molecule has 2 N–H and O–H groups in total. The highest BCUT2D eigenvalue weighted by molar-refractivity contribution is 5.59. The molecule has 0 radical (unpaired) electrons. The zero-order valence-electron chi connectivity index (χ0n) is 13.1. The largest absolute Gasteiger partial charge is 0.394 e. The first-order chi connectivity index (χ1) is 9.49. The molecule has 0 bridgehead atoms. The molecule has 2 unspecified atom stereocenters. The molecule has 0 saturated carbocycles. The quantitative estimate of drug-likeness (QED) is 0.883. The van der Waals surface area contributed by atoms with Crippen LogP contribution in [0.15, 0.2) is 0 Å². The van der Waals surface area contributed by atoms with Crippen molar-refractivity contribution in [3.63, 3.8) is 0 Å². The second-order valence-corrected chi connectivity index (χ2v) is 5.99. The smallest absolute Gasteiger partial charge is 0.137 e.